The summed E-state index contributed by atoms with van der Waals surface area (Å²) >= 11 is 1.48. The number of nitrogens with one attached hydrogen (secondary N) is 1. The number of hydrogen-bond donors (Lipinski definition) is 1. The Bertz CT molecular complexity index is 849. The van der Waals surface area contributed by atoms with E-state index < -0.39 is 0 Å². The summed E-state index contributed by atoms with van der Waals surface area (Å²) in [7, 11) is 0. The van der Waals surface area contributed by atoms with Gasteiger partial charge < -0.3 is 10.2 Å². The van der Waals surface area contributed by atoms with Crippen molar-refractivity contribution >= 4 is 23.4 Å². The number of amides is 1. The standard InChI is InChI=1S/C22H31N5OS/c1-16-6-7-17(2)20(14-16)27-12-10-26(11-13-27)9-5-8-23-21(28)19-15-24-22(29-4)25-18(19)3/h6-7,14-15H,5,8-13H2,1-4H3,(H,23,28). The number of aromatic nitrogens is 2. The number of piperazine rings is 1. The predicted molar refractivity (Wildman–Crippen MR) is 120 cm³/mol. The molecule has 0 radical (unpaired) electrons. The number of hydrogen-bond acceptors (Lipinski definition) is 6. The van der Waals surface area contributed by atoms with Gasteiger partial charge >= 0.3 is 0 Å². The first kappa shape index (κ1) is 21.6. The molecule has 0 bridgehead atoms. The highest BCUT2D eigenvalue weighted by molar-refractivity contribution is 7.98. The van der Waals surface area contributed by atoms with Crippen LogP contribution in [-0.4, -0.2) is 66.3 Å². The molecule has 156 valence electrons. The maximum atomic E-state index is 12.4. The Kier molecular flexibility index (Phi) is 7.50. The first-order chi connectivity index (χ1) is 14.0. The number of nitrogens with zero attached hydrogens (tertiary/aromatic N) is 4. The summed E-state index contributed by atoms with van der Waals surface area (Å²) in [6.45, 7) is 12.1. The molecule has 0 atom stereocenters. The second-order valence-corrected chi connectivity index (χ2v) is 8.36. The van der Waals surface area contributed by atoms with Crippen LogP contribution >= 0.6 is 11.8 Å². The molecule has 1 saturated heterocycles. The molecule has 7 heteroatoms. The van der Waals surface area contributed by atoms with Crippen molar-refractivity contribution < 1.29 is 4.79 Å². The quantitative estimate of drug-likeness (QED) is 0.428. The van der Waals surface area contributed by atoms with Crippen molar-refractivity contribution in [3.05, 3.63) is 46.8 Å². The van der Waals surface area contributed by atoms with Crippen molar-refractivity contribution in [3.63, 3.8) is 0 Å². The van der Waals surface area contributed by atoms with Gasteiger partial charge in [0.05, 0.1) is 11.3 Å². The molecule has 0 aliphatic carbocycles. The van der Waals surface area contributed by atoms with Crippen LogP contribution < -0.4 is 10.2 Å². The van der Waals surface area contributed by atoms with E-state index in [-0.39, 0.29) is 5.91 Å². The van der Waals surface area contributed by atoms with E-state index in [1.807, 2.05) is 13.2 Å². The van der Waals surface area contributed by atoms with Crippen LogP contribution in [0.2, 0.25) is 0 Å². The molecule has 2 aromatic rings. The number of anilines is 1. The van der Waals surface area contributed by atoms with Crippen LogP contribution in [0.15, 0.2) is 29.6 Å². The van der Waals surface area contributed by atoms with Crippen molar-refractivity contribution in [3.8, 4) is 0 Å². The van der Waals surface area contributed by atoms with Crippen molar-refractivity contribution in [2.45, 2.75) is 32.3 Å². The number of aryl methyl sites for hydroxylation is 3. The van der Waals surface area contributed by atoms with E-state index >= 15 is 0 Å². The normalized spacial score (nSPS) is 14.8. The smallest absolute Gasteiger partial charge is 0.254 e. The Morgan fingerprint density at radius 3 is 2.62 bits per heavy atom. The van der Waals surface area contributed by atoms with Gasteiger partial charge in [0, 0.05) is 44.6 Å². The van der Waals surface area contributed by atoms with Crippen LogP contribution in [0.4, 0.5) is 5.69 Å². The highest BCUT2D eigenvalue weighted by Gasteiger charge is 2.18. The minimum absolute atomic E-state index is 0.0881. The van der Waals surface area contributed by atoms with Gasteiger partial charge in [0.2, 0.25) is 0 Å². The summed E-state index contributed by atoms with van der Waals surface area (Å²) in [4.78, 5) is 25.9. The summed E-state index contributed by atoms with van der Waals surface area (Å²) in [5, 5.41) is 3.70. The molecule has 0 spiro atoms. The molecule has 1 aliphatic heterocycles. The number of rotatable bonds is 7. The van der Waals surface area contributed by atoms with Crippen LogP contribution in [0.5, 0.6) is 0 Å². The Morgan fingerprint density at radius 2 is 1.93 bits per heavy atom. The molecule has 0 saturated carbocycles. The van der Waals surface area contributed by atoms with Crippen LogP contribution in [0.25, 0.3) is 0 Å². The highest BCUT2D eigenvalue weighted by atomic mass is 32.2. The fraction of sp³-hybridized carbons (Fsp3) is 0.500. The van der Waals surface area contributed by atoms with Crippen LogP contribution in [0, 0.1) is 20.8 Å². The Morgan fingerprint density at radius 1 is 1.17 bits per heavy atom. The van der Waals surface area contributed by atoms with Crippen LogP contribution in [0.3, 0.4) is 0 Å². The Labute approximate surface area is 178 Å². The average molecular weight is 414 g/mol. The molecule has 1 aliphatic rings. The van der Waals surface area contributed by atoms with Gasteiger partial charge in [-0.3, -0.25) is 9.69 Å². The summed E-state index contributed by atoms with van der Waals surface area (Å²) in [6.07, 6.45) is 4.49. The van der Waals surface area contributed by atoms with E-state index in [0.29, 0.717) is 17.3 Å². The van der Waals surface area contributed by atoms with E-state index in [4.69, 9.17) is 0 Å². The van der Waals surface area contributed by atoms with Crippen molar-refractivity contribution in [1.29, 1.82) is 0 Å². The van der Waals surface area contributed by atoms with Crippen molar-refractivity contribution in [2.75, 3.05) is 50.4 Å². The summed E-state index contributed by atoms with van der Waals surface area (Å²) in [6, 6.07) is 6.67. The molecule has 0 unspecified atom stereocenters. The van der Waals surface area contributed by atoms with Crippen molar-refractivity contribution in [1.82, 2.24) is 20.2 Å². The monoisotopic (exact) mass is 413 g/mol. The third-order valence-electron chi connectivity index (χ3n) is 5.40. The molecule has 1 N–H and O–H groups in total. The van der Waals surface area contributed by atoms with Gasteiger partial charge in [0.25, 0.3) is 5.91 Å². The van der Waals surface area contributed by atoms with Gasteiger partial charge in [0.15, 0.2) is 5.16 Å². The summed E-state index contributed by atoms with van der Waals surface area (Å²) in [5.74, 6) is -0.0881. The minimum atomic E-state index is -0.0881. The average Bonchev–Trinajstić information content (AvgIpc) is 2.73. The van der Waals surface area contributed by atoms with Gasteiger partial charge in [-0.1, -0.05) is 23.9 Å². The van der Waals surface area contributed by atoms with E-state index in [1.165, 1.54) is 28.6 Å². The predicted octanol–water partition coefficient (Wildman–Crippen LogP) is 3.07. The molecule has 2 heterocycles. The third-order valence-corrected chi connectivity index (χ3v) is 5.96. The first-order valence-corrected chi connectivity index (χ1v) is 11.4. The second-order valence-electron chi connectivity index (χ2n) is 7.58. The zero-order valence-corrected chi connectivity index (χ0v) is 18.7. The van der Waals surface area contributed by atoms with Crippen molar-refractivity contribution in [2.24, 2.45) is 0 Å². The molecule has 3 rings (SSSR count). The highest BCUT2D eigenvalue weighted by Crippen LogP contribution is 2.22. The zero-order valence-electron chi connectivity index (χ0n) is 17.9. The largest absolute Gasteiger partial charge is 0.369 e. The molecule has 1 aromatic heterocycles. The zero-order chi connectivity index (χ0) is 20.8. The molecule has 6 nitrogen and oxygen atoms in total. The lowest BCUT2D eigenvalue weighted by Crippen LogP contribution is -2.47. The van der Waals surface area contributed by atoms with Gasteiger partial charge in [-0.15, -0.1) is 0 Å². The van der Waals surface area contributed by atoms with Crippen LogP contribution in [-0.2, 0) is 0 Å². The number of carbonyl (C=O) groups is 1. The maximum Gasteiger partial charge on any atom is 0.254 e. The Hall–Kier alpha value is -2.12. The Balaban J connectivity index is 1.40. The van der Waals surface area contributed by atoms with Gasteiger partial charge in [0.1, 0.15) is 0 Å². The molecule has 1 fully saturated rings. The lowest BCUT2D eigenvalue weighted by Gasteiger charge is -2.37. The van der Waals surface area contributed by atoms with Gasteiger partial charge in [-0.2, -0.15) is 0 Å². The lowest BCUT2D eigenvalue weighted by atomic mass is 10.1. The molecular weight excluding hydrogens is 382 g/mol. The number of benzene rings is 1. The summed E-state index contributed by atoms with van der Waals surface area (Å²) in [5.41, 5.74) is 5.31. The van der Waals surface area contributed by atoms with Gasteiger partial charge in [-0.25, -0.2) is 9.97 Å². The molecule has 1 aromatic carbocycles. The lowest BCUT2D eigenvalue weighted by molar-refractivity contribution is 0.0949. The second kappa shape index (κ2) is 10.1. The molecular formula is C22H31N5OS. The first-order valence-electron chi connectivity index (χ1n) is 10.2. The summed E-state index contributed by atoms with van der Waals surface area (Å²) < 4.78 is 0. The van der Waals surface area contributed by atoms with Crippen LogP contribution in [0.1, 0.15) is 33.6 Å². The molecule has 1 amide bonds. The number of carbonyl (C=O) groups excluding carboxylic acids is 1. The maximum absolute atomic E-state index is 12.4. The fourth-order valence-corrected chi connectivity index (χ4v) is 4.03. The van der Waals surface area contributed by atoms with Gasteiger partial charge in [-0.05, 0) is 57.2 Å². The topological polar surface area (TPSA) is 61.4 Å². The fourth-order valence-electron chi connectivity index (χ4n) is 3.64. The van der Waals surface area contributed by atoms with E-state index in [2.05, 4.69) is 57.1 Å². The third kappa shape index (κ3) is 5.70. The molecule has 29 heavy (non-hydrogen) atoms. The minimum Gasteiger partial charge on any atom is -0.369 e. The van der Waals surface area contributed by atoms with E-state index in [0.717, 1.165) is 44.8 Å². The van der Waals surface area contributed by atoms with E-state index in [1.54, 1.807) is 6.20 Å². The SMILES string of the molecule is CSc1ncc(C(=O)NCCCN2CCN(c3cc(C)ccc3C)CC2)c(C)n1. The number of thioether (sulfide) groups is 1. The van der Waals surface area contributed by atoms with E-state index in [9.17, 15) is 4.79 Å².